The lowest BCUT2D eigenvalue weighted by atomic mass is 9.49. The molecule has 4 aliphatic carbocycles. The van der Waals surface area contributed by atoms with E-state index >= 15 is 0 Å². The van der Waals surface area contributed by atoms with E-state index in [2.05, 4.69) is 5.32 Å². The second kappa shape index (κ2) is 6.81. The fraction of sp³-hybridized carbons (Fsp3) is 0.619. The number of benzene rings is 1. The first-order valence-corrected chi connectivity index (χ1v) is 9.67. The second-order valence-corrected chi connectivity index (χ2v) is 8.34. The minimum atomic E-state index is -0.241. The van der Waals surface area contributed by atoms with Gasteiger partial charge in [-0.1, -0.05) is 18.2 Å². The van der Waals surface area contributed by atoms with Gasteiger partial charge in [0.15, 0.2) is 0 Å². The number of amides is 1. The summed E-state index contributed by atoms with van der Waals surface area (Å²) in [5.74, 6) is 2.90. The van der Waals surface area contributed by atoms with Crippen molar-refractivity contribution in [2.75, 3.05) is 6.54 Å². The summed E-state index contributed by atoms with van der Waals surface area (Å²) in [4.78, 5) is 24.6. The van der Waals surface area contributed by atoms with E-state index in [1.165, 1.54) is 19.3 Å². The third-order valence-electron chi connectivity index (χ3n) is 6.34. The van der Waals surface area contributed by atoms with Gasteiger partial charge in [0, 0.05) is 18.4 Å². The molecule has 0 radical (unpaired) electrons. The molecule has 1 N–H and O–H groups in total. The molecule has 4 aliphatic rings. The number of nitrogens with one attached hydrogen (secondary N) is 1. The number of carbonyl (C=O) groups excluding carboxylic acids is 2. The molecule has 0 spiro atoms. The highest BCUT2D eigenvalue weighted by Crippen LogP contribution is 2.60. The predicted molar refractivity (Wildman–Crippen MR) is 94.9 cm³/mol. The lowest BCUT2D eigenvalue weighted by molar-refractivity contribution is -0.146. The highest BCUT2D eigenvalue weighted by molar-refractivity contribution is 5.83. The predicted octanol–water partition coefficient (Wildman–Crippen LogP) is 3.70. The van der Waals surface area contributed by atoms with E-state index in [0.717, 1.165) is 37.0 Å². The van der Waals surface area contributed by atoms with Gasteiger partial charge in [-0.3, -0.25) is 9.59 Å². The molecule has 5 rings (SSSR count). The van der Waals surface area contributed by atoms with Crippen LogP contribution in [0, 0.1) is 23.2 Å². The third-order valence-corrected chi connectivity index (χ3v) is 6.34. The van der Waals surface area contributed by atoms with Crippen molar-refractivity contribution < 1.29 is 14.3 Å². The number of hydrogen-bond donors (Lipinski definition) is 1. The Labute approximate surface area is 149 Å². The zero-order chi connectivity index (χ0) is 17.3. The monoisotopic (exact) mass is 341 g/mol. The van der Waals surface area contributed by atoms with Gasteiger partial charge in [0.25, 0.3) is 0 Å². The number of carbonyl (C=O) groups is 2. The Hall–Kier alpha value is -1.84. The van der Waals surface area contributed by atoms with Crippen LogP contribution in [0.1, 0.15) is 51.4 Å². The largest absolute Gasteiger partial charge is 0.427 e. The molecule has 1 aromatic carbocycles. The van der Waals surface area contributed by atoms with Crippen LogP contribution < -0.4 is 10.1 Å². The molecule has 0 aliphatic heterocycles. The van der Waals surface area contributed by atoms with Crippen molar-refractivity contribution in [1.82, 2.24) is 5.32 Å². The standard InChI is InChI=1S/C21H27NO3/c23-19(25-18-5-2-1-3-6-18)7-4-8-22-20(24)21-12-15-9-16(13-21)11-17(10-15)14-21/h1-3,5-6,15-17H,4,7-14H2,(H,22,24). The van der Waals surface area contributed by atoms with E-state index in [1.807, 2.05) is 18.2 Å². The molecule has 0 saturated heterocycles. The molecular weight excluding hydrogens is 314 g/mol. The molecular formula is C21H27NO3. The molecule has 0 unspecified atom stereocenters. The zero-order valence-electron chi connectivity index (χ0n) is 14.7. The van der Waals surface area contributed by atoms with Crippen molar-refractivity contribution >= 4 is 11.9 Å². The summed E-state index contributed by atoms with van der Waals surface area (Å²) in [6.45, 7) is 0.560. The van der Waals surface area contributed by atoms with E-state index in [4.69, 9.17) is 4.74 Å². The SMILES string of the molecule is O=C(CCCNC(=O)C12CC3CC(CC(C3)C1)C2)Oc1ccccc1. The van der Waals surface area contributed by atoms with Crippen molar-refractivity contribution in [3.8, 4) is 5.75 Å². The van der Waals surface area contributed by atoms with E-state index in [-0.39, 0.29) is 17.3 Å². The molecule has 1 aromatic rings. The summed E-state index contributed by atoms with van der Waals surface area (Å²) in [6.07, 6.45) is 8.25. The Balaban J connectivity index is 1.21. The van der Waals surface area contributed by atoms with Gasteiger partial charge in [-0.2, -0.15) is 0 Å². The molecule has 0 heterocycles. The van der Waals surface area contributed by atoms with E-state index in [0.29, 0.717) is 25.1 Å². The van der Waals surface area contributed by atoms with Crippen LogP contribution in [0.3, 0.4) is 0 Å². The topological polar surface area (TPSA) is 55.4 Å². The van der Waals surface area contributed by atoms with Gasteiger partial charge in [0.1, 0.15) is 5.75 Å². The summed E-state index contributed by atoms with van der Waals surface area (Å²) in [7, 11) is 0. The van der Waals surface area contributed by atoms with Crippen LogP contribution in [0.15, 0.2) is 30.3 Å². The number of rotatable bonds is 6. The Kier molecular flexibility index (Phi) is 4.53. The number of ether oxygens (including phenoxy) is 1. The van der Waals surface area contributed by atoms with Gasteiger partial charge in [0.2, 0.25) is 5.91 Å². The Bertz CT molecular complexity index is 605. The lowest BCUT2D eigenvalue weighted by Gasteiger charge is -2.55. The summed E-state index contributed by atoms with van der Waals surface area (Å²) in [5, 5.41) is 3.11. The molecule has 4 bridgehead atoms. The molecule has 0 aromatic heterocycles. The van der Waals surface area contributed by atoms with Gasteiger partial charge in [-0.25, -0.2) is 0 Å². The van der Waals surface area contributed by atoms with Gasteiger partial charge in [-0.05, 0) is 74.8 Å². The molecule has 4 nitrogen and oxygen atoms in total. The van der Waals surface area contributed by atoms with Crippen molar-refractivity contribution in [1.29, 1.82) is 0 Å². The van der Waals surface area contributed by atoms with Gasteiger partial charge < -0.3 is 10.1 Å². The van der Waals surface area contributed by atoms with E-state index < -0.39 is 0 Å². The summed E-state index contributed by atoms with van der Waals surface area (Å²) >= 11 is 0. The second-order valence-electron chi connectivity index (χ2n) is 8.34. The van der Waals surface area contributed by atoms with Gasteiger partial charge in [-0.15, -0.1) is 0 Å². The van der Waals surface area contributed by atoms with Crippen molar-refractivity contribution in [2.24, 2.45) is 23.2 Å². The molecule has 4 heteroatoms. The first-order chi connectivity index (χ1) is 12.1. The highest BCUT2D eigenvalue weighted by atomic mass is 16.5. The fourth-order valence-corrected chi connectivity index (χ4v) is 5.68. The smallest absolute Gasteiger partial charge is 0.311 e. The summed E-state index contributed by atoms with van der Waals surface area (Å²) in [6, 6.07) is 9.11. The number of hydrogen-bond acceptors (Lipinski definition) is 3. The van der Waals surface area contributed by atoms with Crippen LogP contribution in [0.2, 0.25) is 0 Å². The Morgan fingerprint density at radius 1 is 1.00 bits per heavy atom. The van der Waals surface area contributed by atoms with Crippen molar-refractivity contribution in [2.45, 2.75) is 51.4 Å². The van der Waals surface area contributed by atoms with Gasteiger partial charge in [0.05, 0.1) is 0 Å². The maximum atomic E-state index is 12.8. The van der Waals surface area contributed by atoms with Crippen LogP contribution in [-0.4, -0.2) is 18.4 Å². The zero-order valence-corrected chi connectivity index (χ0v) is 14.7. The quantitative estimate of drug-likeness (QED) is 0.487. The Morgan fingerprint density at radius 2 is 1.60 bits per heavy atom. The summed E-state index contributed by atoms with van der Waals surface area (Å²) in [5.41, 5.74) is -0.0979. The van der Waals surface area contributed by atoms with Crippen molar-refractivity contribution in [3.63, 3.8) is 0 Å². The van der Waals surface area contributed by atoms with Crippen LogP contribution in [0.25, 0.3) is 0 Å². The van der Waals surface area contributed by atoms with Crippen LogP contribution >= 0.6 is 0 Å². The minimum Gasteiger partial charge on any atom is -0.427 e. The number of para-hydroxylation sites is 1. The average molecular weight is 341 g/mol. The van der Waals surface area contributed by atoms with Gasteiger partial charge >= 0.3 is 5.97 Å². The molecule has 4 fully saturated rings. The molecule has 134 valence electrons. The summed E-state index contributed by atoms with van der Waals surface area (Å²) < 4.78 is 5.27. The fourth-order valence-electron chi connectivity index (χ4n) is 5.68. The van der Waals surface area contributed by atoms with E-state index in [9.17, 15) is 9.59 Å². The third kappa shape index (κ3) is 3.58. The van der Waals surface area contributed by atoms with Crippen LogP contribution in [-0.2, 0) is 9.59 Å². The molecule has 25 heavy (non-hydrogen) atoms. The highest BCUT2D eigenvalue weighted by Gasteiger charge is 2.54. The number of esters is 1. The Morgan fingerprint density at radius 3 is 2.20 bits per heavy atom. The minimum absolute atomic E-state index is 0.0979. The van der Waals surface area contributed by atoms with Crippen LogP contribution in [0.4, 0.5) is 0 Å². The normalized spacial score (nSPS) is 32.4. The molecule has 1 amide bonds. The molecule has 0 atom stereocenters. The first-order valence-electron chi connectivity index (χ1n) is 9.67. The van der Waals surface area contributed by atoms with E-state index in [1.54, 1.807) is 12.1 Å². The maximum Gasteiger partial charge on any atom is 0.311 e. The molecule has 4 saturated carbocycles. The first kappa shape index (κ1) is 16.6. The maximum absolute atomic E-state index is 12.8. The van der Waals surface area contributed by atoms with Crippen LogP contribution in [0.5, 0.6) is 5.75 Å². The van der Waals surface area contributed by atoms with Crippen molar-refractivity contribution in [3.05, 3.63) is 30.3 Å². The lowest BCUT2D eigenvalue weighted by Crippen LogP contribution is -2.53. The average Bonchev–Trinajstić information content (AvgIpc) is 2.58.